The van der Waals surface area contributed by atoms with E-state index in [-0.39, 0.29) is 5.41 Å². The summed E-state index contributed by atoms with van der Waals surface area (Å²) in [7, 11) is 0. The molecular formula is C14H21N3OS. The Morgan fingerprint density at radius 3 is 2.74 bits per heavy atom. The Bertz CT molecular complexity index is 471. The molecule has 1 aromatic heterocycles. The van der Waals surface area contributed by atoms with Gasteiger partial charge in [0.1, 0.15) is 5.01 Å². The molecule has 0 bridgehead atoms. The molecule has 0 saturated carbocycles. The van der Waals surface area contributed by atoms with E-state index in [4.69, 9.17) is 0 Å². The van der Waals surface area contributed by atoms with Crippen LogP contribution in [0.25, 0.3) is 0 Å². The van der Waals surface area contributed by atoms with Crippen molar-refractivity contribution in [1.29, 1.82) is 0 Å². The van der Waals surface area contributed by atoms with Gasteiger partial charge < -0.3 is 10.2 Å². The predicted octanol–water partition coefficient (Wildman–Crippen LogP) is 1.86. The molecule has 4 nitrogen and oxygen atoms in total. The third-order valence-electron chi connectivity index (χ3n) is 4.47. The van der Waals surface area contributed by atoms with Crippen LogP contribution in [0.5, 0.6) is 0 Å². The smallest absolute Gasteiger partial charge is 0.223 e. The van der Waals surface area contributed by atoms with Gasteiger partial charge in [-0.05, 0) is 45.2 Å². The summed E-state index contributed by atoms with van der Waals surface area (Å²) in [5.74, 6) is 0.312. The maximum absolute atomic E-state index is 12.2. The minimum Gasteiger partial charge on any atom is -0.335 e. The van der Waals surface area contributed by atoms with Crippen molar-refractivity contribution in [2.24, 2.45) is 5.41 Å². The lowest BCUT2D eigenvalue weighted by Gasteiger charge is -2.32. The summed E-state index contributed by atoms with van der Waals surface area (Å²) < 4.78 is 0. The minimum atomic E-state index is 0.240. The molecule has 1 spiro atoms. The van der Waals surface area contributed by atoms with E-state index in [2.05, 4.69) is 17.2 Å². The molecule has 1 aromatic rings. The molecule has 1 N–H and O–H groups in total. The number of thiazole rings is 1. The van der Waals surface area contributed by atoms with Gasteiger partial charge in [0, 0.05) is 17.8 Å². The van der Waals surface area contributed by atoms with Gasteiger partial charge in [-0.3, -0.25) is 4.79 Å². The normalized spacial score (nSPS) is 22.4. The Balaban J connectivity index is 1.70. The number of likely N-dealkylation sites (tertiary alicyclic amines) is 1. The topological polar surface area (TPSA) is 45.2 Å². The fourth-order valence-electron chi connectivity index (χ4n) is 3.19. The third-order valence-corrected chi connectivity index (χ3v) is 5.53. The maximum atomic E-state index is 12.2. The lowest BCUT2D eigenvalue weighted by Crippen LogP contribution is -2.38. The highest BCUT2D eigenvalue weighted by atomic mass is 32.1. The van der Waals surface area contributed by atoms with E-state index < -0.39 is 0 Å². The lowest BCUT2D eigenvalue weighted by atomic mass is 9.78. The van der Waals surface area contributed by atoms with Crippen molar-refractivity contribution in [2.45, 2.75) is 39.7 Å². The fraction of sp³-hybridized carbons (Fsp3) is 0.714. The molecule has 0 aromatic carbocycles. The standard InChI is InChI=1S/C14H21N3OS/c1-10-11(2)19-12(16-10)8-17-9-14(7-13(17)18)3-5-15-6-4-14/h15H,3-9H2,1-2H3. The van der Waals surface area contributed by atoms with Crippen LogP contribution in [0, 0.1) is 19.3 Å². The number of piperidine rings is 1. The summed E-state index contributed by atoms with van der Waals surface area (Å²) in [6.45, 7) is 7.86. The quantitative estimate of drug-likeness (QED) is 0.899. The van der Waals surface area contributed by atoms with Crippen molar-refractivity contribution in [3.63, 3.8) is 0 Å². The van der Waals surface area contributed by atoms with Gasteiger partial charge >= 0.3 is 0 Å². The Morgan fingerprint density at radius 2 is 2.11 bits per heavy atom. The zero-order valence-electron chi connectivity index (χ0n) is 11.7. The number of hydrogen-bond donors (Lipinski definition) is 1. The van der Waals surface area contributed by atoms with Gasteiger partial charge in [-0.1, -0.05) is 0 Å². The monoisotopic (exact) mass is 279 g/mol. The summed E-state index contributed by atoms with van der Waals surface area (Å²) >= 11 is 1.72. The van der Waals surface area contributed by atoms with Gasteiger partial charge in [-0.15, -0.1) is 11.3 Å². The van der Waals surface area contributed by atoms with Crippen molar-refractivity contribution in [3.05, 3.63) is 15.6 Å². The molecule has 3 heterocycles. The first-order chi connectivity index (χ1) is 9.08. The van der Waals surface area contributed by atoms with Crippen molar-refractivity contribution < 1.29 is 4.79 Å². The Labute approximate surface area is 118 Å². The van der Waals surface area contributed by atoms with E-state index >= 15 is 0 Å². The lowest BCUT2D eigenvalue weighted by molar-refractivity contribution is -0.128. The largest absolute Gasteiger partial charge is 0.335 e. The van der Waals surface area contributed by atoms with Crippen LogP contribution in [0.1, 0.15) is 34.8 Å². The SMILES string of the molecule is Cc1nc(CN2CC3(CCNCC3)CC2=O)sc1C. The van der Waals surface area contributed by atoms with Crippen LogP contribution >= 0.6 is 11.3 Å². The highest BCUT2D eigenvalue weighted by molar-refractivity contribution is 7.11. The van der Waals surface area contributed by atoms with Gasteiger partial charge in [-0.2, -0.15) is 0 Å². The first kappa shape index (κ1) is 13.1. The Kier molecular flexibility index (Phi) is 3.35. The summed E-state index contributed by atoms with van der Waals surface area (Å²) in [5, 5.41) is 4.46. The molecule has 0 radical (unpaired) electrons. The number of rotatable bonds is 2. The van der Waals surface area contributed by atoms with Crippen molar-refractivity contribution in [3.8, 4) is 0 Å². The maximum Gasteiger partial charge on any atom is 0.223 e. The molecule has 2 saturated heterocycles. The second-order valence-corrected chi connectivity index (χ2v) is 7.21. The molecule has 2 aliphatic heterocycles. The first-order valence-corrected chi connectivity index (χ1v) is 7.81. The second kappa shape index (κ2) is 4.87. The van der Waals surface area contributed by atoms with Crippen LogP contribution in [0.4, 0.5) is 0 Å². The zero-order valence-corrected chi connectivity index (χ0v) is 12.5. The molecule has 3 rings (SSSR count). The molecule has 1 amide bonds. The van der Waals surface area contributed by atoms with Crippen LogP contribution in [0.15, 0.2) is 0 Å². The van der Waals surface area contributed by atoms with Gasteiger partial charge in [0.2, 0.25) is 5.91 Å². The Morgan fingerprint density at radius 1 is 1.37 bits per heavy atom. The van der Waals surface area contributed by atoms with Crippen molar-refractivity contribution >= 4 is 17.2 Å². The first-order valence-electron chi connectivity index (χ1n) is 6.99. The van der Waals surface area contributed by atoms with E-state index in [0.717, 1.165) is 49.6 Å². The van der Waals surface area contributed by atoms with Crippen molar-refractivity contribution in [1.82, 2.24) is 15.2 Å². The molecule has 5 heteroatoms. The zero-order chi connectivity index (χ0) is 13.5. The molecule has 0 atom stereocenters. The molecular weight excluding hydrogens is 258 g/mol. The van der Waals surface area contributed by atoms with Crippen LogP contribution in [-0.2, 0) is 11.3 Å². The van der Waals surface area contributed by atoms with Crippen LogP contribution < -0.4 is 5.32 Å². The molecule has 2 aliphatic rings. The number of carbonyl (C=O) groups excluding carboxylic acids is 1. The highest BCUT2D eigenvalue weighted by Gasteiger charge is 2.43. The number of amides is 1. The average molecular weight is 279 g/mol. The van der Waals surface area contributed by atoms with Crippen LogP contribution in [0.2, 0.25) is 0 Å². The number of nitrogens with one attached hydrogen (secondary N) is 1. The third kappa shape index (κ3) is 2.54. The second-order valence-electron chi connectivity index (χ2n) is 5.93. The number of aromatic nitrogens is 1. The summed E-state index contributed by atoms with van der Waals surface area (Å²) in [5.41, 5.74) is 1.34. The fourth-order valence-corrected chi connectivity index (χ4v) is 4.14. The molecule has 19 heavy (non-hydrogen) atoms. The number of nitrogens with zero attached hydrogens (tertiary/aromatic N) is 2. The average Bonchev–Trinajstić information content (AvgIpc) is 2.82. The predicted molar refractivity (Wildman–Crippen MR) is 76.2 cm³/mol. The summed E-state index contributed by atoms with van der Waals surface area (Å²) in [6, 6.07) is 0. The number of aryl methyl sites for hydroxylation is 2. The Hall–Kier alpha value is -0.940. The van der Waals surface area contributed by atoms with E-state index in [1.54, 1.807) is 11.3 Å². The molecule has 2 fully saturated rings. The van der Waals surface area contributed by atoms with E-state index in [1.807, 2.05) is 11.8 Å². The van der Waals surface area contributed by atoms with Gasteiger partial charge in [0.15, 0.2) is 0 Å². The summed E-state index contributed by atoms with van der Waals surface area (Å²) in [4.78, 5) is 20.1. The minimum absolute atomic E-state index is 0.240. The summed E-state index contributed by atoms with van der Waals surface area (Å²) in [6.07, 6.45) is 2.99. The van der Waals surface area contributed by atoms with Crippen molar-refractivity contribution in [2.75, 3.05) is 19.6 Å². The highest BCUT2D eigenvalue weighted by Crippen LogP contribution is 2.40. The van der Waals surface area contributed by atoms with E-state index in [0.29, 0.717) is 12.5 Å². The van der Waals surface area contributed by atoms with Crippen LogP contribution in [-0.4, -0.2) is 35.4 Å². The van der Waals surface area contributed by atoms with Gasteiger partial charge in [-0.25, -0.2) is 4.98 Å². The molecule has 0 aliphatic carbocycles. The number of carbonyl (C=O) groups is 1. The van der Waals surface area contributed by atoms with E-state index in [9.17, 15) is 4.79 Å². The van der Waals surface area contributed by atoms with Crippen LogP contribution in [0.3, 0.4) is 0 Å². The van der Waals surface area contributed by atoms with E-state index in [1.165, 1.54) is 4.88 Å². The molecule has 0 unspecified atom stereocenters. The number of hydrogen-bond acceptors (Lipinski definition) is 4. The van der Waals surface area contributed by atoms with Gasteiger partial charge in [0.05, 0.1) is 12.2 Å². The van der Waals surface area contributed by atoms with Gasteiger partial charge in [0.25, 0.3) is 0 Å². The molecule has 104 valence electrons.